The van der Waals surface area contributed by atoms with Gasteiger partial charge in [-0.3, -0.25) is 0 Å². The third kappa shape index (κ3) is 3.73. The van der Waals surface area contributed by atoms with Crippen molar-refractivity contribution in [2.75, 3.05) is 6.61 Å². The molecule has 1 aromatic carbocycles. The molecule has 0 radical (unpaired) electrons. The molecule has 1 saturated carbocycles. The van der Waals surface area contributed by atoms with Crippen LogP contribution in [-0.2, 0) is 0 Å². The summed E-state index contributed by atoms with van der Waals surface area (Å²) in [5, 5.41) is 24.1. The van der Waals surface area contributed by atoms with E-state index in [1.54, 1.807) is 12.1 Å². The van der Waals surface area contributed by atoms with Gasteiger partial charge in [-0.15, -0.1) is 0 Å². The van der Waals surface area contributed by atoms with Crippen molar-refractivity contribution in [1.29, 1.82) is 5.26 Å². The zero-order valence-electron chi connectivity index (χ0n) is 12.2. The SMILES string of the molecule is CC(NC(=O)NC1(CO)CCCC1)c1ccc(C#N)cc1. The molecule has 0 spiro atoms. The maximum absolute atomic E-state index is 12.1. The van der Waals surface area contributed by atoms with Gasteiger partial charge in [0.05, 0.1) is 29.8 Å². The van der Waals surface area contributed by atoms with Gasteiger partial charge in [-0.2, -0.15) is 5.26 Å². The van der Waals surface area contributed by atoms with Crippen molar-refractivity contribution in [1.82, 2.24) is 10.6 Å². The van der Waals surface area contributed by atoms with Crippen LogP contribution in [0.5, 0.6) is 0 Å². The third-order valence-electron chi connectivity index (χ3n) is 4.13. The fraction of sp³-hybridized carbons (Fsp3) is 0.500. The van der Waals surface area contributed by atoms with Crippen LogP contribution in [0.1, 0.15) is 49.8 Å². The molecule has 112 valence electrons. The van der Waals surface area contributed by atoms with E-state index in [2.05, 4.69) is 16.7 Å². The maximum atomic E-state index is 12.1. The third-order valence-corrected chi connectivity index (χ3v) is 4.13. The number of nitrogens with one attached hydrogen (secondary N) is 2. The van der Waals surface area contributed by atoms with Gasteiger partial charge in [-0.05, 0) is 37.5 Å². The average Bonchev–Trinajstić information content (AvgIpc) is 2.96. The monoisotopic (exact) mass is 287 g/mol. The Kier molecular flexibility index (Phi) is 4.81. The van der Waals surface area contributed by atoms with E-state index >= 15 is 0 Å². The highest BCUT2D eigenvalue weighted by molar-refractivity contribution is 5.75. The van der Waals surface area contributed by atoms with Crippen molar-refractivity contribution < 1.29 is 9.90 Å². The Balaban J connectivity index is 1.93. The standard InChI is InChI=1S/C16H21N3O2/c1-12(14-6-4-13(10-17)5-7-14)18-15(21)19-16(11-20)8-2-3-9-16/h4-7,12,20H,2-3,8-9,11H2,1H3,(H2,18,19,21). The smallest absolute Gasteiger partial charge is 0.315 e. The van der Waals surface area contributed by atoms with Gasteiger partial charge in [0.1, 0.15) is 0 Å². The van der Waals surface area contributed by atoms with E-state index in [4.69, 9.17) is 5.26 Å². The van der Waals surface area contributed by atoms with Crippen molar-refractivity contribution in [3.63, 3.8) is 0 Å². The summed E-state index contributed by atoms with van der Waals surface area (Å²) in [6.45, 7) is 1.87. The van der Waals surface area contributed by atoms with Gasteiger partial charge in [0.15, 0.2) is 0 Å². The lowest BCUT2D eigenvalue weighted by atomic mass is 9.99. The highest BCUT2D eigenvalue weighted by atomic mass is 16.3. The van der Waals surface area contributed by atoms with Crippen LogP contribution >= 0.6 is 0 Å². The number of rotatable bonds is 4. The number of carbonyl (C=O) groups excluding carboxylic acids is 1. The van der Waals surface area contributed by atoms with Crippen LogP contribution < -0.4 is 10.6 Å². The second kappa shape index (κ2) is 6.59. The van der Waals surface area contributed by atoms with Crippen LogP contribution in [-0.4, -0.2) is 23.3 Å². The van der Waals surface area contributed by atoms with Crippen molar-refractivity contribution in [3.05, 3.63) is 35.4 Å². The van der Waals surface area contributed by atoms with Gasteiger partial charge in [-0.25, -0.2) is 4.79 Å². The summed E-state index contributed by atoms with van der Waals surface area (Å²) in [5.74, 6) is 0. The second-order valence-electron chi connectivity index (χ2n) is 5.70. The van der Waals surface area contributed by atoms with Crippen molar-refractivity contribution in [3.8, 4) is 6.07 Å². The van der Waals surface area contributed by atoms with Crippen molar-refractivity contribution in [2.24, 2.45) is 0 Å². The Morgan fingerprint density at radius 3 is 2.52 bits per heavy atom. The number of aliphatic hydroxyl groups excluding tert-OH is 1. The number of urea groups is 1. The summed E-state index contributed by atoms with van der Waals surface area (Å²) in [6, 6.07) is 8.78. The topological polar surface area (TPSA) is 85.2 Å². The van der Waals surface area contributed by atoms with Crippen LogP contribution in [0.2, 0.25) is 0 Å². The molecule has 5 nitrogen and oxygen atoms in total. The Labute approximate surface area is 125 Å². The summed E-state index contributed by atoms with van der Waals surface area (Å²) in [4.78, 5) is 12.1. The average molecular weight is 287 g/mol. The molecule has 21 heavy (non-hydrogen) atoms. The van der Waals surface area contributed by atoms with Gasteiger partial charge in [-0.1, -0.05) is 25.0 Å². The van der Waals surface area contributed by atoms with Gasteiger partial charge in [0.25, 0.3) is 0 Å². The minimum atomic E-state index is -0.464. The normalized spacial score (nSPS) is 17.8. The molecule has 0 saturated heterocycles. The Morgan fingerprint density at radius 2 is 2.00 bits per heavy atom. The first-order chi connectivity index (χ1) is 10.1. The quantitative estimate of drug-likeness (QED) is 0.793. The molecule has 1 fully saturated rings. The van der Waals surface area contributed by atoms with E-state index in [0.717, 1.165) is 31.2 Å². The first kappa shape index (κ1) is 15.3. The molecule has 1 aromatic rings. The molecule has 3 N–H and O–H groups in total. The molecule has 1 aliphatic carbocycles. The molecule has 5 heteroatoms. The summed E-state index contributed by atoms with van der Waals surface area (Å²) in [5.41, 5.74) is 1.07. The molecule has 0 bridgehead atoms. The maximum Gasteiger partial charge on any atom is 0.315 e. The molecule has 1 aliphatic rings. The molecule has 1 atom stereocenters. The Morgan fingerprint density at radius 1 is 1.38 bits per heavy atom. The molecule has 0 aliphatic heterocycles. The summed E-state index contributed by atoms with van der Waals surface area (Å²) in [6.07, 6.45) is 3.71. The van der Waals surface area contributed by atoms with Gasteiger partial charge >= 0.3 is 6.03 Å². The molecule has 0 aromatic heterocycles. The number of hydrogen-bond acceptors (Lipinski definition) is 3. The van der Waals surface area contributed by atoms with E-state index in [9.17, 15) is 9.90 Å². The fourth-order valence-corrected chi connectivity index (χ4v) is 2.78. The van der Waals surface area contributed by atoms with Gasteiger partial charge < -0.3 is 15.7 Å². The molecule has 2 amide bonds. The van der Waals surface area contributed by atoms with E-state index in [0.29, 0.717) is 5.56 Å². The first-order valence-electron chi connectivity index (χ1n) is 7.28. The lowest BCUT2D eigenvalue weighted by Gasteiger charge is -2.29. The zero-order chi connectivity index (χ0) is 15.3. The largest absolute Gasteiger partial charge is 0.394 e. The number of benzene rings is 1. The molecule has 1 unspecified atom stereocenters. The number of nitrogens with zero attached hydrogens (tertiary/aromatic N) is 1. The van der Waals surface area contributed by atoms with Crippen molar-refractivity contribution >= 4 is 6.03 Å². The molecule has 0 heterocycles. The van der Waals surface area contributed by atoms with Crippen LogP contribution in [0.4, 0.5) is 4.79 Å². The van der Waals surface area contributed by atoms with Crippen molar-refractivity contribution in [2.45, 2.75) is 44.2 Å². The predicted molar refractivity (Wildman–Crippen MR) is 79.5 cm³/mol. The summed E-state index contributed by atoms with van der Waals surface area (Å²) < 4.78 is 0. The van der Waals surface area contributed by atoms with E-state index < -0.39 is 5.54 Å². The number of hydrogen-bond donors (Lipinski definition) is 3. The number of carbonyl (C=O) groups is 1. The molecule has 2 rings (SSSR count). The summed E-state index contributed by atoms with van der Waals surface area (Å²) in [7, 11) is 0. The van der Waals surface area contributed by atoms with E-state index in [-0.39, 0.29) is 18.7 Å². The lowest BCUT2D eigenvalue weighted by Crippen LogP contribution is -2.53. The number of nitriles is 1. The van der Waals surface area contributed by atoms with Gasteiger partial charge in [0.2, 0.25) is 0 Å². The highest BCUT2D eigenvalue weighted by Gasteiger charge is 2.34. The molecular formula is C16H21N3O2. The highest BCUT2D eigenvalue weighted by Crippen LogP contribution is 2.29. The van der Waals surface area contributed by atoms with E-state index in [1.165, 1.54) is 0 Å². The van der Waals surface area contributed by atoms with Crippen LogP contribution in [0.25, 0.3) is 0 Å². The van der Waals surface area contributed by atoms with Crippen LogP contribution in [0, 0.1) is 11.3 Å². The van der Waals surface area contributed by atoms with Gasteiger partial charge in [0, 0.05) is 0 Å². The summed E-state index contributed by atoms with van der Waals surface area (Å²) >= 11 is 0. The second-order valence-corrected chi connectivity index (χ2v) is 5.70. The Hall–Kier alpha value is -2.06. The minimum absolute atomic E-state index is 0.0222. The van der Waals surface area contributed by atoms with E-state index in [1.807, 2.05) is 19.1 Å². The number of aliphatic hydroxyl groups is 1. The first-order valence-corrected chi connectivity index (χ1v) is 7.28. The predicted octanol–water partition coefficient (Wildman–Crippen LogP) is 2.22. The van der Waals surface area contributed by atoms with Crippen LogP contribution in [0.3, 0.4) is 0 Å². The Bertz CT molecular complexity index is 527. The number of amides is 2. The zero-order valence-corrected chi connectivity index (χ0v) is 12.2. The minimum Gasteiger partial charge on any atom is -0.394 e. The molecular weight excluding hydrogens is 266 g/mol. The fourth-order valence-electron chi connectivity index (χ4n) is 2.78. The lowest BCUT2D eigenvalue weighted by molar-refractivity contribution is 0.162. The van der Waals surface area contributed by atoms with Crippen LogP contribution in [0.15, 0.2) is 24.3 Å².